The maximum atomic E-state index is 14.5. The minimum Gasteiger partial charge on any atom is -0.468 e. The van der Waals surface area contributed by atoms with E-state index in [9.17, 15) is 25.2 Å². The molecule has 4 aliphatic carbocycles. The van der Waals surface area contributed by atoms with E-state index in [0.29, 0.717) is 45.8 Å². The minimum atomic E-state index is -1.99. The largest absolute Gasteiger partial charge is 0.468 e. The van der Waals surface area contributed by atoms with E-state index in [1.165, 1.54) is 0 Å². The van der Waals surface area contributed by atoms with Gasteiger partial charge in [0.15, 0.2) is 5.78 Å². The van der Waals surface area contributed by atoms with Crippen LogP contribution in [0.25, 0.3) is 0 Å². The SMILES string of the molecule is Cc1coc2c1C(=O)C1C3(C)C4=C(C(C)c5occ(C)c5C4O)C(O)(C3O)C1(C)C(O)/C=C/C(C)C2. The molecule has 4 N–H and O–H groups in total. The second kappa shape index (κ2) is 7.10. The Balaban J connectivity index is 1.68. The highest BCUT2D eigenvalue weighted by Crippen LogP contribution is 2.76. The number of carbonyl (C=O) groups is 1. The van der Waals surface area contributed by atoms with E-state index in [1.54, 1.807) is 32.4 Å². The maximum Gasteiger partial charge on any atom is 0.171 e. The average molecular weight is 495 g/mol. The van der Waals surface area contributed by atoms with E-state index in [-0.39, 0.29) is 11.7 Å². The molecule has 2 aromatic rings. The second-order valence-electron chi connectivity index (χ2n) is 11.9. The van der Waals surface area contributed by atoms with Crippen LogP contribution in [-0.4, -0.2) is 44.0 Å². The lowest BCUT2D eigenvalue weighted by atomic mass is 9.52. The van der Waals surface area contributed by atoms with E-state index in [4.69, 9.17) is 8.83 Å². The number of hydrogen-bond donors (Lipinski definition) is 4. The highest BCUT2D eigenvalue weighted by atomic mass is 16.4. The van der Waals surface area contributed by atoms with Crippen molar-refractivity contribution < 1.29 is 34.1 Å². The van der Waals surface area contributed by atoms with Crippen molar-refractivity contribution in [3.8, 4) is 0 Å². The fourth-order valence-electron chi connectivity index (χ4n) is 8.32. The first-order valence-corrected chi connectivity index (χ1v) is 12.7. The normalized spacial score (nSPS) is 44.2. The molecule has 7 nitrogen and oxygen atoms in total. The van der Waals surface area contributed by atoms with Crippen molar-refractivity contribution in [3.63, 3.8) is 0 Å². The quantitative estimate of drug-likeness (QED) is 0.412. The number of fused-ring (bicyclic) bond motifs is 9. The summed E-state index contributed by atoms with van der Waals surface area (Å²) in [5.41, 5.74) is -1.41. The first-order chi connectivity index (χ1) is 16.8. The lowest BCUT2D eigenvalue weighted by Crippen LogP contribution is -2.60. The third-order valence-corrected chi connectivity index (χ3v) is 10.00. The first-order valence-electron chi connectivity index (χ1n) is 12.7. The lowest BCUT2D eigenvalue weighted by molar-refractivity contribution is -0.130. The molecule has 1 saturated carbocycles. The summed E-state index contributed by atoms with van der Waals surface area (Å²) in [6, 6.07) is 0. The monoisotopic (exact) mass is 494 g/mol. The number of ketones is 1. The Kier molecular flexibility index (Phi) is 4.72. The molecule has 6 rings (SSSR count). The predicted molar refractivity (Wildman–Crippen MR) is 130 cm³/mol. The fraction of sp³-hybridized carbons (Fsp3) is 0.552. The average Bonchev–Trinajstić information content (AvgIpc) is 3.47. The number of hydrogen-bond acceptors (Lipinski definition) is 7. The smallest absolute Gasteiger partial charge is 0.171 e. The molecule has 4 aliphatic rings. The van der Waals surface area contributed by atoms with Crippen LogP contribution in [0.5, 0.6) is 0 Å². The van der Waals surface area contributed by atoms with Gasteiger partial charge in [0.2, 0.25) is 0 Å². The van der Waals surface area contributed by atoms with Gasteiger partial charge in [-0.1, -0.05) is 39.8 Å². The molecule has 0 aliphatic heterocycles. The van der Waals surface area contributed by atoms with E-state index in [2.05, 4.69) is 0 Å². The van der Waals surface area contributed by atoms with Gasteiger partial charge < -0.3 is 29.3 Å². The van der Waals surface area contributed by atoms with Gasteiger partial charge in [0, 0.05) is 34.7 Å². The number of Topliss-reactive ketones (excluding diaryl/α,β-unsaturated/α-hetero) is 1. The molecular weight excluding hydrogens is 460 g/mol. The minimum absolute atomic E-state index is 0.0236. The highest BCUT2D eigenvalue weighted by molar-refractivity contribution is 6.02. The Morgan fingerprint density at radius 2 is 1.64 bits per heavy atom. The number of aliphatic hydroxyl groups excluding tert-OH is 3. The first kappa shape index (κ1) is 23.9. The molecule has 0 radical (unpaired) electrons. The summed E-state index contributed by atoms with van der Waals surface area (Å²) < 4.78 is 11.6. The zero-order valence-corrected chi connectivity index (χ0v) is 21.5. The topological polar surface area (TPSA) is 124 Å². The molecule has 2 heterocycles. The zero-order valence-electron chi connectivity index (χ0n) is 21.5. The van der Waals surface area contributed by atoms with Gasteiger partial charge in [0.05, 0.1) is 30.3 Å². The summed E-state index contributed by atoms with van der Waals surface area (Å²) in [7, 11) is 0. The second-order valence-corrected chi connectivity index (χ2v) is 11.9. The van der Waals surface area contributed by atoms with Gasteiger partial charge in [-0.2, -0.15) is 0 Å². The molecular formula is C29H34O7. The van der Waals surface area contributed by atoms with Crippen LogP contribution < -0.4 is 0 Å². The number of allylic oxidation sites excluding steroid dienone is 1. The van der Waals surface area contributed by atoms with Crippen molar-refractivity contribution in [1.29, 1.82) is 0 Å². The Morgan fingerprint density at radius 1 is 0.972 bits per heavy atom. The number of carbonyl (C=O) groups excluding carboxylic acids is 1. The maximum absolute atomic E-state index is 14.5. The van der Waals surface area contributed by atoms with Crippen molar-refractivity contribution in [2.45, 2.75) is 77.8 Å². The van der Waals surface area contributed by atoms with E-state index in [1.807, 2.05) is 33.8 Å². The van der Waals surface area contributed by atoms with Crippen molar-refractivity contribution >= 4 is 5.78 Å². The molecule has 0 saturated heterocycles. The van der Waals surface area contributed by atoms with E-state index in [0.717, 1.165) is 5.56 Å². The molecule has 0 aromatic carbocycles. The van der Waals surface area contributed by atoms with Gasteiger partial charge in [-0.3, -0.25) is 4.79 Å². The highest BCUT2D eigenvalue weighted by Gasteiger charge is 2.82. The standard InChI is InChI=1S/C29H34O7/c1-12-7-8-17(30)28(6)25(23(32)18-13(2)10-35-16(18)9-12)27(5)21-20(29(28,34)26(27)33)15(4)24-19(22(21)31)14(3)11-36-24/h7-8,10-12,15,17,22,25-26,30-31,33-34H,9H2,1-6H3/b8-7+. The summed E-state index contributed by atoms with van der Waals surface area (Å²) in [6.07, 6.45) is 3.33. The fourth-order valence-corrected chi connectivity index (χ4v) is 8.32. The number of furan rings is 2. The summed E-state index contributed by atoms with van der Waals surface area (Å²) in [4.78, 5) is 14.5. The Labute approximate surface area is 210 Å². The summed E-state index contributed by atoms with van der Waals surface area (Å²) >= 11 is 0. The van der Waals surface area contributed by atoms with Gasteiger partial charge in [-0.25, -0.2) is 0 Å². The van der Waals surface area contributed by atoms with Gasteiger partial charge in [0.1, 0.15) is 23.2 Å². The zero-order chi connectivity index (χ0) is 26.1. The third kappa shape index (κ3) is 2.37. The predicted octanol–water partition coefficient (Wildman–Crippen LogP) is 3.68. The van der Waals surface area contributed by atoms with Crippen molar-refractivity contribution in [2.24, 2.45) is 22.7 Å². The van der Waals surface area contributed by atoms with Crippen LogP contribution in [0.3, 0.4) is 0 Å². The van der Waals surface area contributed by atoms with E-state index >= 15 is 0 Å². The lowest BCUT2D eigenvalue weighted by Gasteiger charge is -2.53. The van der Waals surface area contributed by atoms with Gasteiger partial charge in [-0.05, 0) is 42.0 Å². The molecule has 0 amide bonds. The molecule has 9 atom stereocenters. The van der Waals surface area contributed by atoms with Crippen molar-refractivity contribution in [3.05, 3.63) is 69.6 Å². The molecule has 2 aromatic heterocycles. The van der Waals surface area contributed by atoms with Crippen LogP contribution in [0, 0.1) is 36.5 Å². The molecule has 192 valence electrons. The third-order valence-electron chi connectivity index (χ3n) is 10.00. The molecule has 2 bridgehead atoms. The summed E-state index contributed by atoms with van der Waals surface area (Å²) in [5, 5.41) is 47.9. The Morgan fingerprint density at radius 3 is 2.33 bits per heavy atom. The van der Waals surface area contributed by atoms with Gasteiger partial charge in [0.25, 0.3) is 0 Å². The molecule has 0 spiro atoms. The van der Waals surface area contributed by atoms with Crippen LogP contribution in [0.2, 0.25) is 0 Å². The number of aryl methyl sites for hydroxylation is 2. The number of rotatable bonds is 0. The Bertz CT molecular complexity index is 1360. The summed E-state index contributed by atoms with van der Waals surface area (Å²) in [5.74, 6) is -0.710. The van der Waals surface area contributed by atoms with Crippen LogP contribution in [0.4, 0.5) is 0 Å². The summed E-state index contributed by atoms with van der Waals surface area (Å²) in [6.45, 7) is 10.9. The molecule has 1 fully saturated rings. The van der Waals surface area contributed by atoms with Crippen molar-refractivity contribution in [2.75, 3.05) is 0 Å². The van der Waals surface area contributed by atoms with Crippen LogP contribution in [-0.2, 0) is 6.42 Å². The van der Waals surface area contributed by atoms with Crippen LogP contribution in [0.1, 0.15) is 78.3 Å². The van der Waals surface area contributed by atoms with Crippen LogP contribution in [0.15, 0.2) is 44.7 Å². The molecule has 9 unspecified atom stereocenters. The van der Waals surface area contributed by atoms with Crippen molar-refractivity contribution in [1.82, 2.24) is 0 Å². The van der Waals surface area contributed by atoms with Gasteiger partial charge in [-0.15, -0.1) is 0 Å². The molecule has 7 heteroatoms. The van der Waals surface area contributed by atoms with Gasteiger partial charge >= 0.3 is 0 Å². The van der Waals surface area contributed by atoms with E-state index < -0.39 is 46.6 Å². The molecule has 36 heavy (non-hydrogen) atoms. The van der Waals surface area contributed by atoms with Crippen LogP contribution >= 0.6 is 0 Å². The Hall–Kier alpha value is -2.45. The number of aliphatic hydroxyl groups is 4.